The van der Waals surface area contributed by atoms with Gasteiger partial charge in [0.05, 0.1) is 6.42 Å². The molecule has 2 aliphatic rings. The van der Waals surface area contributed by atoms with Gasteiger partial charge in [-0.05, 0) is 36.0 Å². The van der Waals surface area contributed by atoms with Gasteiger partial charge in [0.25, 0.3) is 0 Å². The molecule has 3 unspecified atom stereocenters. The van der Waals surface area contributed by atoms with Crippen molar-refractivity contribution >= 4 is 5.97 Å². The van der Waals surface area contributed by atoms with E-state index in [4.69, 9.17) is 4.74 Å². The molecular formula is C16H28O2. The third-order valence-electron chi connectivity index (χ3n) is 5.66. The predicted molar refractivity (Wildman–Crippen MR) is 73.2 cm³/mol. The molecule has 3 atom stereocenters. The standard InChI is InChI=1S/C16H28O2/c1-14(2,3)10-13(17)18-12-9-11-7-8-16(12,6)15(11,4)5/h11-12H,7-10H2,1-6H3. The summed E-state index contributed by atoms with van der Waals surface area (Å²) in [5, 5.41) is 0. The lowest BCUT2D eigenvalue weighted by Crippen LogP contribution is -2.38. The lowest BCUT2D eigenvalue weighted by atomic mass is 9.70. The highest BCUT2D eigenvalue weighted by atomic mass is 16.5. The van der Waals surface area contributed by atoms with Gasteiger partial charge in [-0.1, -0.05) is 41.5 Å². The molecule has 0 heterocycles. The molecule has 0 amide bonds. The lowest BCUT2D eigenvalue weighted by Gasteiger charge is -2.38. The summed E-state index contributed by atoms with van der Waals surface area (Å²) >= 11 is 0. The van der Waals surface area contributed by atoms with Crippen LogP contribution in [0.25, 0.3) is 0 Å². The molecular weight excluding hydrogens is 224 g/mol. The Morgan fingerprint density at radius 3 is 2.28 bits per heavy atom. The van der Waals surface area contributed by atoms with Crippen molar-refractivity contribution in [2.75, 3.05) is 0 Å². The van der Waals surface area contributed by atoms with Crippen LogP contribution >= 0.6 is 0 Å². The summed E-state index contributed by atoms with van der Waals surface area (Å²) in [4.78, 5) is 12.0. The first kappa shape index (κ1) is 13.9. The van der Waals surface area contributed by atoms with Gasteiger partial charge in [0.2, 0.25) is 0 Å². The van der Waals surface area contributed by atoms with Crippen LogP contribution in [0.3, 0.4) is 0 Å². The average molecular weight is 252 g/mol. The van der Waals surface area contributed by atoms with E-state index >= 15 is 0 Å². The summed E-state index contributed by atoms with van der Waals surface area (Å²) < 4.78 is 5.82. The van der Waals surface area contributed by atoms with E-state index in [1.165, 1.54) is 12.8 Å². The summed E-state index contributed by atoms with van der Waals surface area (Å²) in [6.07, 6.45) is 4.24. The number of fused-ring (bicyclic) bond motifs is 2. The molecule has 0 spiro atoms. The smallest absolute Gasteiger partial charge is 0.306 e. The van der Waals surface area contributed by atoms with Gasteiger partial charge in [0.1, 0.15) is 6.10 Å². The van der Waals surface area contributed by atoms with Crippen molar-refractivity contribution in [3.63, 3.8) is 0 Å². The van der Waals surface area contributed by atoms with Gasteiger partial charge in [0.15, 0.2) is 0 Å². The summed E-state index contributed by atoms with van der Waals surface area (Å²) in [5.74, 6) is 0.715. The minimum absolute atomic E-state index is 0.0166. The van der Waals surface area contributed by atoms with Gasteiger partial charge in [-0.25, -0.2) is 0 Å². The number of ether oxygens (including phenoxy) is 1. The van der Waals surface area contributed by atoms with Gasteiger partial charge in [-0.15, -0.1) is 0 Å². The van der Waals surface area contributed by atoms with Crippen molar-refractivity contribution in [3.05, 3.63) is 0 Å². The Bertz CT molecular complexity index is 351. The zero-order valence-corrected chi connectivity index (χ0v) is 12.8. The first-order chi connectivity index (χ1) is 8.06. The van der Waals surface area contributed by atoms with E-state index in [1.807, 2.05) is 0 Å². The van der Waals surface area contributed by atoms with Gasteiger partial charge in [-0.3, -0.25) is 4.79 Å². The van der Waals surface area contributed by atoms with Crippen molar-refractivity contribution in [1.29, 1.82) is 0 Å². The normalized spacial score (nSPS) is 37.9. The van der Waals surface area contributed by atoms with Gasteiger partial charge >= 0.3 is 5.97 Å². The van der Waals surface area contributed by atoms with Crippen molar-refractivity contribution in [3.8, 4) is 0 Å². The van der Waals surface area contributed by atoms with Crippen molar-refractivity contribution in [1.82, 2.24) is 0 Å². The van der Waals surface area contributed by atoms with Gasteiger partial charge in [0, 0.05) is 5.41 Å². The predicted octanol–water partition coefficient (Wildman–Crippen LogP) is 4.18. The molecule has 2 saturated carbocycles. The maximum absolute atomic E-state index is 12.0. The molecule has 0 radical (unpaired) electrons. The summed E-state index contributed by atoms with van der Waals surface area (Å²) in [6, 6.07) is 0. The number of carbonyl (C=O) groups is 1. The van der Waals surface area contributed by atoms with Crippen LogP contribution < -0.4 is 0 Å². The molecule has 0 saturated heterocycles. The molecule has 2 aliphatic carbocycles. The molecule has 2 rings (SSSR count). The maximum atomic E-state index is 12.0. The van der Waals surface area contributed by atoms with Crippen LogP contribution in [0.4, 0.5) is 0 Å². The minimum atomic E-state index is -0.0166. The van der Waals surface area contributed by atoms with Crippen LogP contribution in [-0.4, -0.2) is 12.1 Å². The maximum Gasteiger partial charge on any atom is 0.306 e. The number of hydrogen-bond acceptors (Lipinski definition) is 2. The van der Waals surface area contributed by atoms with Crippen molar-refractivity contribution < 1.29 is 9.53 Å². The van der Waals surface area contributed by atoms with Crippen LogP contribution in [0.5, 0.6) is 0 Å². The Balaban J connectivity index is 2.03. The van der Waals surface area contributed by atoms with Crippen LogP contribution in [0.15, 0.2) is 0 Å². The molecule has 0 aromatic rings. The highest BCUT2D eigenvalue weighted by Crippen LogP contribution is 2.66. The summed E-state index contributed by atoms with van der Waals surface area (Å²) in [5.41, 5.74) is 0.524. The Morgan fingerprint density at radius 1 is 1.28 bits per heavy atom. The van der Waals surface area contributed by atoms with Crippen LogP contribution in [0.2, 0.25) is 0 Å². The van der Waals surface area contributed by atoms with E-state index in [0.29, 0.717) is 11.8 Å². The third kappa shape index (κ3) is 2.08. The molecule has 104 valence electrons. The zero-order chi connectivity index (χ0) is 13.8. The molecule has 2 bridgehead atoms. The second kappa shape index (κ2) is 3.98. The molecule has 2 nitrogen and oxygen atoms in total. The molecule has 0 aromatic heterocycles. The number of carbonyl (C=O) groups excluding carboxylic acids is 1. The van der Waals surface area contributed by atoms with E-state index in [1.54, 1.807) is 0 Å². The summed E-state index contributed by atoms with van der Waals surface area (Å²) in [7, 11) is 0. The van der Waals surface area contributed by atoms with E-state index in [9.17, 15) is 4.79 Å². The molecule has 2 fully saturated rings. The first-order valence-corrected chi connectivity index (χ1v) is 7.26. The third-order valence-corrected chi connectivity index (χ3v) is 5.66. The monoisotopic (exact) mass is 252 g/mol. The fourth-order valence-electron chi connectivity index (χ4n) is 3.94. The van der Waals surface area contributed by atoms with Crippen molar-refractivity contribution in [2.45, 2.75) is 73.3 Å². The van der Waals surface area contributed by atoms with Crippen LogP contribution in [0, 0.1) is 22.2 Å². The molecule has 0 aromatic carbocycles. The fourth-order valence-corrected chi connectivity index (χ4v) is 3.94. The number of esters is 1. The van der Waals surface area contributed by atoms with Gasteiger partial charge in [-0.2, -0.15) is 0 Å². The lowest BCUT2D eigenvalue weighted by molar-refractivity contribution is -0.159. The van der Waals surface area contributed by atoms with E-state index in [-0.39, 0.29) is 22.9 Å². The fraction of sp³-hybridized carbons (Fsp3) is 0.938. The van der Waals surface area contributed by atoms with Crippen LogP contribution in [-0.2, 0) is 9.53 Å². The second-order valence-corrected chi connectivity index (χ2v) is 8.33. The van der Waals surface area contributed by atoms with Crippen LogP contribution in [0.1, 0.15) is 67.2 Å². The molecule has 0 N–H and O–H groups in total. The highest BCUT2D eigenvalue weighted by Gasteiger charge is 2.62. The Morgan fingerprint density at radius 2 is 1.89 bits per heavy atom. The van der Waals surface area contributed by atoms with Gasteiger partial charge < -0.3 is 4.74 Å². The van der Waals surface area contributed by atoms with E-state index in [0.717, 1.165) is 12.3 Å². The molecule has 0 aliphatic heterocycles. The number of rotatable bonds is 2. The largest absolute Gasteiger partial charge is 0.462 e. The Hall–Kier alpha value is -0.530. The Kier molecular flexibility index (Phi) is 3.07. The highest BCUT2D eigenvalue weighted by molar-refractivity contribution is 5.70. The number of hydrogen-bond donors (Lipinski definition) is 0. The zero-order valence-electron chi connectivity index (χ0n) is 12.8. The summed E-state index contributed by atoms with van der Waals surface area (Å²) in [6.45, 7) is 13.3. The first-order valence-electron chi connectivity index (χ1n) is 7.26. The second-order valence-electron chi connectivity index (χ2n) is 8.33. The van der Waals surface area contributed by atoms with E-state index in [2.05, 4.69) is 41.5 Å². The average Bonchev–Trinajstić information content (AvgIpc) is 2.47. The molecule has 18 heavy (non-hydrogen) atoms. The minimum Gasteiger partial charge on any atom is -0.462 e. The van der Waals surface area contributed by atoms with E-state index < -0.39 is 0 Å². The van der Waals surface area contributed by atoms with Crippen molar-refractivity contribution in [2.24, 2.45) is 22.2 Å². The SMILES string of the molecule is CC(C)(C)CC(=O)OC1CC2CCC1(C)C2(C)C. The quantitative estimate of drug-likeness (QED) is 0.689. The molecule has 2 heteroatoms. The topological polar surface area (TPSA) is 26.3 Å². The Labute approximate surface area is 111 Å².